The summed E-state index contributed by atoms with van der Waals surface area (Å²) in [6.45, 7) is 6.62. The van der Waals surface area contributed by atoms with Gasteiger partial charge in [0.1, 0.15) is 13.2 Å². The van der Waals surface area contributed by atoms with Crippen molar-refractivity contribution in [3.63, 3.8) is 0 Å². The normalized spacial score (nSPS) is 12.2. The van der Waals surface area contributed by atoms with E-state index in [4.69, 9.17) is 14.2 Å². The predicted molar refractivity (Wildman–Crippen MR) is 275 cm³/mol. The predicted octanol–water partition coefficient (Wildman–Crippen LogP) is 18.5. The number of rotatable bonds is 51. The van der Waals surface area contributed by atoms with Crippen LogP contribution in [-0.4, -0.2) is 37.2 Å². The Bertz CT molecular complexity index is 1080. The molecule has 64 heavy (non-hydrogen) atoms. The number of carbonyl (C=O) groups excluding carboxylic acids is 3. The summed E-state index contributed by atoms with van der Waals surface area (Å²) < 4.78 is 16.8. The fraction of sp³-hybridized carbons (Fsp3) is 0.845. The molecule has 0 radical (unpaired) electrons. The Kier molecular flexibility index (Phi) is 51.3. The molecule has 0 aromatic carbocycles. The zero-order valence-corrected chi connectivity index (χ0v) is 42.8. The van der Waals surface area contributed by atoms with Gasteiger partial charge in [0.25, 0.3) is 0 Å². The molecule has 0 saturated heterocycles. The van der Waals surface area contributed by atoms with Gasteiger partial charge >= 0.3 is 17.9 Å². The van der Waals surface area contributed by atoms with E-state index in [0.717, 1.165) is 64.2 Å². The van der Waals surface area contributed by atoms with Crippen molar-refractivity contribution >= 4 is 17.9 Å². The fourth-order valence-corrected chi connectivity index (χ4v) is 8.12. The summed E-state index contributed by atoms with van der Waals surface area (Å²) >= 11 is 0. The van der Waals surface area contributed by atoms with Crippen molar-refractivity contribution in [1.29, 1.82) is 0 Å². The average Bonchev–Trinajstić information content (AvgIpc) is 3.29. The number of hydrogen-bond acceptors (Lipinski definition) is 6. The van der Waals surface area contributed by atoms with Gasteiger partial charge in [0.15, 0.2) is 6.10 Å². The summed E-state index contributed by atoms with van der Waals surface area (Å²) in [6.07, 6.45) is 62.8. The number of esters is 3. The van der Waals surface area contributed by atoms with Gasteiger partial charge in [0.05, 0.1) is 0 Å². The monoisotopic (exact) mass is 899 g/mol. The Hall–Kier alpha value is -2.37. The third-order valence-electron chi connectivity index (χ3n) is 12.4. The van der Waals surface area contributed by atoms with E-state index in [1.807, 2.05) is 0 Å². The molecule has 0 aliphatic carbocycles. The minimum atomic E-state index is -0.772. The summed E-state index contributed by atoms with van der Waals surface area (Å²) in [5.41, 5.74) is 0. The molecular formula is C58H106O6. The molecule has 0 aliphatic rings. The van der Waals surface area contributed by atoms with Crippen LogP contribution in [0.5, 0.6) is 0 Å². The Morgan fingerprint density at radius 3 is 0.875 bits per heavy atom. The molecule has 0 bridgehead atoms. The van der Waals surface area contributed by atoms with Gasteiger partial charge < -0.3 is 14.2 Å². The molecule has 0 aromatic rings. The van der Waals surface area contributed by atoms with Crippen LogP contribution in [0.15, 0.2) is 36.5 Å². The minimum absolute atomic E-state index is 0.0727. The summed E-state index contributed by atoms with van der Waals surface area (Å²) in [5, 5.41) is 0. The molecule has 6 heteroatoms. The molecule has 374 valence electrons. The highest BCUT2D eigenvalue weighted by Crippen LogP contribution is 2.15. The quantitative estimate of drug-likeness (QED) is 0.0262. The first-order valence-corrected chi connectivity index (χ1v) is 28.0. The lowest BCUT2D eigenvalue weighted by Gasteiger charge is -2.18. The zero-order chi connectivity index (χ0) is 46.5. The second-order valence-electron chi connectivity index (χ2n) is 18.8. The van der Waals surface area contributed by atoms with Gasteiger partial charge in [-0.15, -0.1) is 0 Å². The van der Waals surface area contributed by atoms with Crippen LogP contribution in [0.1, 0.15) is 297 Å². The van der Waals surface area contributed by atoms with Gasteiger partial charge in [0, 0.05) is 19.3 Å². The number of allylic oxidation sites excluding steroid dienone is 6. The van der Waals surface area contributed by atoms with Crippen LogP contribution in [0.3, 0.4) is 0 Å². The SMILES string of the molecule is CCCCCCC/C=C\C/C=C\CCCCCCCCCCCC(=O)OCC(COC(=O)CCCCCCCCCC)OC(=O)CCCCCCCCC/C=C\CCCCCCCC. The molecule has 0 aliphatic heterocycles. The lowest BCUT2D eigenvalue weighted by atomic mass is 10.1. The highest BCUT2D eigenvalue weighted by atomic mass is 16.6. The maximum atomic E-state index is 12.8. The number of hydrogen-bond donors (Lipinski definition) is 0. The van der Waals surface area contributed by atoms with E-state index in [2.05, 4.69) is 57.2 Å². The van der Waals surface area contributed by atoms with Crippen molar-refractivity contribution in [3.8, 4) is 0 Å². The Balaban J connectivity index is 4.23. The standard InChI is InChI=1S/C58H106O6/c1-4-7-10-13-16-19-21-23-25-27-28-29-30-32-33-35-37-39-42-45-48-51-57(60)63-54-55(53-62-56(59)50-47-44-41-18-15-12-9-6-3)64-58(61)52-49-46-43-40-38-36-34-31-26-24-22-20-17-14-11-8-5-2/h21,23-24,26-28,55H,4-20,22,25,29-54H2,1-3H3/b23-21-,26-24-,28-27-. The highest BCUT2D eigenvalue weighted by molar-refractivity contribution is 5.71. The molecule has 0 rings (SSSR count). The van der Waals surface area contributed by atoms with Crippen molar-refractivity contribution in [2.24, 2.45) is 0 Å². The van der Waals surface area contributed by atoms with Gasteiger partial charge in [0.2, 0.25) is 0 Å². The van der Waals surface area contributed by atoms with Gasteiger partial charge in [-0.1, -0.05) is 237 Å². The van der Waals surface area contributed by atoms with Gasteiger partial charge in [-0.3, -0.25) is 14.4 Å². The lowest BCUT2D eigenvalue weighted by Crippen LogP contribution is -2.30. The number of ether oxygens (including phenoxy) is 3. The Morgan fingerprint density at radius 2 is 0.562 bits per heavy atom. The molecule has 1 atom stereocenters. The van der Waals surface area contributed by atoms with Gasteiger partial charge in [-0.25, -0.2) is 0 Å². The number of unbranched alkanes of at least 4 members (excludes halogenated alkanes) is 34. The first-order valence-electron chi connectivity index (χ1n) is 28.0. The highest BCUT2D eigenvalue weighted by Gasteiger charge is 2.19. The average molecular weight is 899 g/mol. The molecule has 0 heterocycles. The summed E-state index contributed by atoms with van der Waals surface area (Å²) in [4.78, 5) is 37.9. The van der Waals surface area contributed by atoms with Gasteiger partial charge in [-0.05, 0) is 77.0 Å². The molecule has 0 aromatic heterocycles. The van der Waals surface area contributed by atoms with Crippen LogP contribution in [0, 0.1) is 0 Å². The molecule has 1 unspecified atom stereocenters. The van der Waals surface area contributed by atoms with E-state index in [-0.39, 0.29) is 31.1 Å². The van der Waals surface area contributed by atoms with E-state index in [9.17, 15) is 14.4 Å². The molecule has 0 spiro atoms. The molecular weight excluding hydrogens is 793 g/mol. The zero-order valence-electron chi connectivity index (χ0n) is 42.8. The van der Waals surface area contributed by atoms with E-state index < -0.39 is 6.10 Å². The van der Waals surface area contributed by atoms with Crippen LogP contribution in [0.25, 0.3) is 0 Å². The van der Waals surface area contributed by atoms with E-state index in [1.54, 1.807) is 0 Å². The smallest absolute Gasteiger partial charge is 0.306 e. The third kappa shape index (κ3) is 50.6. The molecule has 0 fully saturated rings. The Labute approximate surface area is 397 Å². The fourth-order valence-electron chi connectivity index (χ4n) is 8.12. The van der Waals surface area contributed by atoms with Crippen molar-refractivity contribution in [2.45, 2.75) is 303 Å². The Morgan fingerprint density at radius 1 is 0.312 bits per heavy atom. The summed E-state index contributed by atoms with van der Waals surface area (Å²) in [5.74, 6) is -0.873. The van der Waals surface area contributed by atoms with Crippen molar-refractivity contribution in [2.75, 3.05) is 13.2 Å². The lowest BCUT2D eigenvalue weighted by molar-refractivity contribution is -0.167. The van der Waals surface area contributed by atoms with Crippen molar-refractivity contribution < 1.29 is 28.6 Å². The van der Waals surface area contributed by atoms with E-state index in [1.165, 1.54) is 193 Å². The largest absolute Gasteiger partial charge is 0.462 e. The first kappa shape index (κ1) is 61.6. The van der Waals surface area contributed by atoms with Crippen LogP contribution < -0.4 is 0 Å². The molecule has 0 N–H and O–H groups in total. The van der Waals surface area contributed by atoms with Crippen molar-refractivity contribution in [1.82, 2.24) is 0 Å². The second-order valence-corrected chi connectivity index (χ2v) is 18.8. The molecule has 0 amide bonds. The van der Waals surface area contributed by atoms with E-state index >= 15 is 0 Å². The van der Waals surface area contributed by atoms with Crippen LogP contribution in [0.2, 0.25) is 0 Å². The van der Waals surface area contributed by atoms with Crippen LogP contribution in [0.4, 0.5) is 0 Å². The second kappa shape index (κ2) is 53.2. The third-order valence-corrected chi connectivity index (χ3v) is 12.4. The van der Waals surface area contributed by atoms with Gasteiger partial charge in [-0.2, -0.15) is 0 Å². The maximum Gasteiger partial charge on any atom is 0.306 e. The molecule has 6 nitrogen and oxygen atoms in total. The summed E-state index contributed by atoms with van der Waals surface area (Å²) in [6, 6.07) is 0. The molecule has 0 saturated carbocycles. The van der Waals surface area contributed by atoms with Crippen LogP contribution in [-0.2, 0) is 28.6 Å². The first-order chi connectivity index (χ1) is 31.5. The minimum Gasteiger partial charge on any atom is -0.462 e. The topological polar surface area (TPSA) is 78.9 Å². The van der Waals surface area contributed by atoms with Crippen LogP contribution >= 0.6 is 0 Å². The van der Waals surface area contributed by atoms with Crippen molar-refractivity contribution in [3.05, 3.63) is 36.5 Å². The number of carbonyl (C=O) groups is 3. The maximum absolute atomic E-state index is 12.8. The van der Waals surface area contributed by atoms with E-state index in [0.29, 0.717) is 19.3 Å². The summed E-state index contributed by atoms with van der Waals surface area (Å²) in [7, 11) is 0.